The Bertz CT molecular complexity index is 388. The molecule has 0 amide bonds. The maximum absolute atomic E-state index is 5.64. The first-order valence-corrected chi connectivity index (χ1v) is 6.81. The van der Waals surface area contributed by atoms with E-state index in [2.05, 4.69) is 38.1 Å². The van der Waals surface area contributed by atoms with Gasteiger partial charge in [-0.2, -0.15) is 0 Å². The van der Waals surface area contributed by atoms with Crippen LogP contribution in [-0.4, -0.2) is 30.7 Å². The van der Waals surface area contributed by atoms with Crippen molar-refractivity contribution < 1.29 is 9.47 Å². The van der Waals surface area contributed by atoms with Crippen molar-refractivity contribution in [3.8, 4) is 0 Å². The first-order valence-electron chi connectivity index (χ1n) is 6.02. The Labute approximate surface area is 116 Å². The lowest BCUT2D eigenvalue weighted by atomic mass is 10.2. The summed E-state index contributed by atoms with van der Waals surface area (Å²) >= 11 is 3.48. The Balaban J connectivity index is 3.14. The fourth-order valence-electron chi connectivity index (χ4n) is 1.63. The molecule has 0 saturated heterocycles. The minimum absolute atomic E-state index is 0.0780. The monoisotopic (exact) mass is 317 g/mol. The predicted molar refractivity (Wildman–Crippen MR) is 74.6 cm³/mol. The van der Waals surface area contributed by atoms with Gasteiger partial charge in [0, 0.05) is 20.8 Å². The first-order chi connectivity index (χ1) is 8.67. The topological polar surface area (TPSA) is 56.3 Å². The third-order valence-corrected chi connectivity index (χ3v) is 3.31. The zero-order chi connectivity index (χ0) is 13.5. The number of nitrogens with zero attached hydrogens (tertiary/aromatic N) is 2. The highest BCUT2D eigenvalue weighted by molar-refractivity contribution is 9.10. The Morgan fingerprint density at radius 1 is 1.33 bits per heavy atom. The molecule has 0 radical (unpaired) electrons. The van der Waals surface area contributed by atoms with Crippen molar-refractivity contribution in [2.75, 3.05) is 26.1 Å². The molecule has 1 unspecified atom stereocenters. The minimum atomic E-state index is -0.0780. The number of methoxy groups -OCH3 is 1. The van der Waals surface area contributed by atoms with E-state index in [1.165, 1.54) is 0 Å². The Morgan fingerprint density at radius 3 is 2.56 bits per heavy atom. The highest BCUT2D eigenvalue weighted by Gasteiger charge is 2.17. The van der Waals surface area contributed by atoms with Crippen molar-refractivity contribution in [3.63, 3.8) is 0 Å². The molecule has 1 aromatic rings. The van der Waals surface area contributed by atoms with Crippen LogP contribution in [0.4, 0.5) is 5.82 Å². The normalized spacial score (nSPS) is 12.5. The lowest BCUT2D eigenvalue weighted by Gasteiger charge is -2.17. The summed E-state index contributed by atoms with van der Waals surface area (Å²) in [5.74, 6) is 1.45. The highest BCUT2D eigenvalue weighted by atomic mass is 79.9. The summed E-state index contributed by atoms with van der Waals surface area (Å²) in [4.78, 5) is 8.99. The summed E-state index contributed by atoms with van der Waals surface area (Å²) in [6.07, 6.45) is 0.760. The summed E-state index contributed by atoms with van der Waals surface area (Å²) in [6.45, 7) is 5.11. The van der Waals surface area contributed by atoms with Gasteiger partial charge in [0.1, 0.15) is 11.9 Å². The maximum Gasteiger partial charge on any atom is 0.159 e. The lowest BCUT2D eigenvalue weighted by Crippen LogP contribution is -2.12. The number of nitrogens with one attached hydrogen (secondary N) is 1. The van der Waals surface area contributed by atoms with Crippen molar-refractivity contribution in [1.82, 2.24) is 9.97 Å². The second kappa shape index (κ2) is 7.66. The van der Waals surface area contributed by atoms with Crippen LogP contribution in [0.2, 0.25) is 0 Å². The standard InChI is InChI=1S/C12H20BrN3O2/c1-5-9(18-6-2)11-15-8(7-17-4)10(13)12(14-3)16-11/h9H,5-7H2,1-4H3,(H,14,15,16). The van der Waals surface area contributed by atoms with Crippen LogP contribution in [0.15, 0.2) is 4.47 Å². The lowest BCUT2D eigenvalue weighted by molar-refractivity contribution is 0.0530. The van der Waals surface area contributed by atoms with Gasteiger partial charge in [-0.25, -0.2) is 9.97 Å². The largest absolute Gasteiger partial charge is 0.378 e. The van der Waals surface area contributed by atoms with E-state index in [4.69, 9.17) is 9.47 Å². The van der Waals surface area contributed by atoms with Crippen molar-refractivity contribution >= 4 is 21.7 Å². The van der Waals surface area contributed by atoms with Crippen molar-refractivity contribution in [2.24, 2.45) is 0 Å². The second-order valence-electron chi connectivity index (χ2n) is 3.73. The van der Waals surface area contributed by atoms with Gasteiger partial charge < -0.3 is 14.8 Å². The first kappa shape index (κ1) is 15.3. The van der Waals surface area contributed by atoms with E-state index in [9.17, 15) is 0 Å². The molecule has 1 N–H and O–H groups in total. The molecule has 0 fully saturated rings. The second-order valence-corrected chi connectivity index (χ2v) is 4.52. The van der Waals surface area contributed by atoms with Gasteiger partial charge in [-0.3, -0.25) is 0 Å². The highest BCUT2D eigenvalue weighted by Crippen LogP contribution is 2.27. The molecule has 0 spiro atoms. The zero-order valence-electron chi connectivity index (χ0n) is 11.3. The van der Waals surface area contributed by atoms with Gasteiger partial charge >= 0.3 is 0 Å². The SMILES string of the molecule is CCOC(CC)c1nc(COC)c(Br)c(NC)n1. The number of hydrogen-bond acceptors (Lipinski definition) is 5. The Kier molecular flexibility index (Phi) is 6.52. The van der Waals surface area contributed by atoms with Gasteiger partial charge in [-0.05, 0) is 29.3 Å². The van der Waals surface area contributed by atoms with E-state index in [-0.39, 0.29) is 6.10 Å². The van der Waals surface area contributed by atoms with Crippen LogP contribution in [0.25, 0.3) is 0 Å². The molecule has 1 rings (SSSR count). The van der Waals surface area contributed by atoms with E-state index in [1.807, 2.05) is 14.0 Å². The molecule has 0 aliphatic carbocycles. The fraction of sp³-hybridized carbons (Fsp3) is 0.667. The number of rotatable bonds is 7. The molecule has 102 valence electrons. The van der Waals surface area contributed by atoms with Crippen LogP contribution in [0.1, 0.15) is 37.9 Å². The molecule has 18 heavy (non-hydrogen) atoms. The number of ether oxygens (including phenoxy) is 2. The average molecular weight is 318 g/mol. The Hall–Kier alpha value is -0.720. The maximum atomic E-state index is 5.64. The third-order valence-electron chi connectivity index (χ3n) is 2.48. The molecular weight excluding hydrogens is 298 g/mol. The molecular formula is C12H20BrN3O2. The molecule has 0 saturated carbocycles. The summed E-state index contributed by atoms with van der Waals surface area (Å²) in [7, 11) is 3.47. The van der Waals surface area contributed by atoms with Gasteiger partial charge in [-0.15, -0.1) is 0 Å². The van der Waals surface area contributed by atoms with Gasteiger partial charge in [0.2, 0.25) is 0 Å². The molecule has 0 aliphatic rings. The number of aromatic nitrogens is 2. The number of halogens is 1. The smallest absolute Gasteiger partial charge is 0.159 e. The van der Waals surface area contributed by atoms with Gasteiger partial charge in [0.25, 0.3) is 0 Å². The van der Waals surface area contributed by atoms with Crippen LogP contribution in [0.5, 0.6) is 0 Å². The average Bonchev–Trinajstić information content (AvgIpc) is 2.38. The van der Waals surface area contributed by atoms with Crippen LogP contribution in [0.3, 0.4) is 0 Å². The summed E-state index contributed by atoms with van der Waals surface area (Å²) < 4.78 is 11.6. The molecule has 1 aromatic heterocycles. The quantitative estimate of drug-likeness (QED) is 0.838. The Morgan fingerprint density at radius 2 is 2.06 bits per heavy atom. The van der Waals surface area contributed by atoms with Gasteiger partial charge in [0.05, 0.1) is 16.8 Å². The predicted octanol–water partition coefficient (Wildman–Crippen LogP) is 2.91. The number of anilines is 1. The number of hydrogen-bond donors (Lipinski definition) is 1. The molecule has 0 aromatic carbocycles. The van der Waals surface area contributed by atoms with Crippen molar-refractivity contribution in [3.05, 3.63) is 16.0 Å². The summed E-state index contributed by atoms with van der Waals surface area (Å²) in [5, 5.41) is 3.05. The van der Waals surface area contributed by atoms with Crippen LogP contribution >= 0.6 is 15.9 Å². The van der Waals surface area contributed by atoms with Crippen LogP contribution in [-0.2, 0) is 16.1 Å². The zero-order valence-corrected chi connectivity index (χ0v) is 12.9. The van der Waals surface area contributed by atoms with E-state index in [1.54, 1.807) is 7.11 Å². The fourth-order valence-corrected chi connectivity index (χ4v) is 2.12. The molecule has 5 nitrogen and oxygen atoms in total. The third kappa shape index (κ3) is 3.63. The molecule has 1 atom stereocenters. The van der Waals surface area contributed by atoms with E-state index < -0.39 is 0 Å². The van der Waals surface area contributed by atoms with Crippen molar-refractivity contribution in [1.29, 1.82) is 0 Å². The van der Waals surface area contributed by atoms with Gasteiger partial charge in [0.15, 0.2) is 5.82 Å². The van der Waals surface area contributed by atoms with Crippen LogP contribution in [0, 0.1) is 0 Å². The minimum Gasteiger partial charge on any atom is -0.378 e. The van der Waals surface area contributed by atoms with Gasteiger partial charge in [-0.1, -0.05) is 6.92 Å². The summed E-state index contributed by atoms with van der Waals surface area (Å²) in [5.41, 5.74) is 0.824. The molecule has 0 aliphatic heterocycles. The van der Waals surface area contributed by atoms with Crippen LogP contribution < -0.4 is 5.32 Å². The van der Waals surface area contributed by atoms with E-state index in [0.29, 0.717) is 19.0 Å². The van der Waals surface area contributed by atoms with E-state index >= 15 is 0 Å². The molecule has 6 heteroatoms. The van der Waals surface area contributed by atoms with Crippen molar-refractivity contribution in [2.45, 2.75) is 33.0 Å². The summed E-state index contributed by atoms with van der Waals surface area (Å²) in [6, 6.07) is 0. The molecule has 1 heterocycles. The van der Waals surface area contributed by atoms with E-state index in [0.717, 1.165) is 22.4 Å². The molecule has 0 bridgehead atoms.